The summed E-state index contributed by atoms with van der Waals surface area (Å²) in [5, 5.41) is 9.27. The van der Waals surface area contributed by atoms with Gasteiger partial charge < -0.3 is 14.6 Å². The first-order chi connectivity index (χ1) is 7.65. The molecular weight excluding hydrogens is 204 g/mol. The molecule has 3 heteroatoms. The molecule has 0 bridgehead atoms. The SMILES string of the molecule is Cc1ccc(OCC2(CO)COC2)c(C)c1. The van der Waals surface area contributed by atoms with Crippen LogP contribution in [0.4, 0.5) is 0 Å². The van der Waals surface area contributed by atoms with Crippen molar-refractivity contribution in [1.29, 1.82) is 0 Å². The van der Waals surface area contributed by atoms with Gasteiger partial charge in [-0.25, -0.2) is 0 Å². The third kappa shape index (κ3) is 2.20. The van der Waals surface area contributed by atoms with Gasteiger partial charge in [0.05, 0.1) is 25.2 Å². The lowest BCUT2D eigenvalue weighted by Crippen LogP contribution is -2.49. The Kier molecular flexibility index (Phi) is 3.17. The Morgan fingerprint density at radius 1 is 1.38 bits per heavy atom. The summed E-state index contributed by atoms with van der Waals surface area (Å²) in [5.74, 6) is 0.894. The first-order valence-electron chi connectivity index (χ1n) is 5.54. The molecule has 0 amide bonds. The van der Waals surface area contributed by atoms with E-state index < -0.39 is 0 Å². The summed E-state index contributed by atoms with van der Waals surface area (Å²) in [5.41, 5.74) is 2.18. The minimum absolute atomic E-state index is 0.123. The van der Waals surface area contributed by atoms with Gasteiger partial charge in [0.2, 0.25) is 0 Å². The first kappa shape index (κ1) is 11.4. The molecule has 1 fully saturated rings. The molecule has 0 radical (unpaired) electrons. The molecule has 2 rings (SSSR count). The second kappa shape index (κ2) is 4.44. The van der Waals surface area contributed by atoms with Crippen LogP contribution in [0.25, 0.3) is 0 Å². The molecule has 1 aliphatic rings. The van der Waals surface area contributed by atoms with Crippen molar-refractivity contribution < 1.29 is 14.6 Å². The predicted octanol–water partition coefficient (Wildman–Crippen LogP) is 1.69. The summed E-state index contributed by atoms with van der Waals surface area (Å²) in [6.07, 6.45) is 0. The highest BCUT2D eigenvalue weighted by Gasteiger charge is 2.39. The average molecular weight is 222 g/mol. The molecule has 3 nitrogen and oxygen atoms in total. The van der Waals surface area contributed by atoms with E-state index in [1.165, 1.54) is 5.56 Å². The van der Waals surface area contributed by atoms with Gasteiger partial charge in [-0.2, -0.15) is 0 Å². The van der Waals surface area contributed by atoms with Gasteiger partial charge in [-0.1, -0.05) is 17.7 Å². The molecule has 0 atom stereocenters. The van der Waals surface area contributed by atoms with Crippen LogP contribution in [-0.4, -0.2) is 31.5 Å². The minimum Gasteiger partial charge on any atom is -0.492 e. The van der Waals surface area contributed by atoms with Crippen LogP contribution in [0.1, 0.15) is 11.1 Å². The first-order valence-corrected chi connectivity index (χ1v) is 5.54. The van der Waals surface area contributed by atoms with Gasteiger partial charge in [0.1, 0.15) is 12.4 Å². The number of hydrogen-bond acceptors (Lipinski definition) is 3. The van der Waals surface area contributed by atoms with Gasteiger partial charge in [0, 0.05) is 0 Å². The highest BCUT2D eigenvalue weighted by atomic mass is 16.5. The number of hydrogen-bond donors (Lipinski definition) is 1. The summed E-state index contributed by atoms with van der Waals surface area (Å²) in [6.45, 7) is 5.92. The van der Waals surface area contributed by atoms with Crippen molar-refractivity contribution in [3.63, 3.8) is 0 Å². The van der Waals surface area contributed by atoms with Crippen LogP contribution in [0.5, 0.6) is 5.75 Å². The quantitative estimate of drug-likeness (QED) is 0.842. The van der Waals surface area contributed by atoms with Gasteiger partial charge in [-0.3, -0.25) is 0 Å². The van der Waals surface area contributed by atoms with Crippen molar-refractivity contribution in [3.05, 3.63) is 29.3 Å². The molecule has 1 aliphatic heterocycles. The van der Waals surface area contributed by atoms with Crippen LogP contribution >= 0.6 is 0 Å². The normalized spacial score (nSPS) is 17.9. The zero-order valence-electron chi connectivity index (χ0n) is 9.82. The molecule has 1 saturated heterocycles. The molecule has 88 valence electrons. The second-order valence-electron chi connectivity index (χ2n) is 4.71. The molecule has 0 saturated carbocycles. The van der Waals surface area contributed by atoms with E-state index in [9.17, 15) is 5.11 Å². The minimum atomic E-state index is -0.183. The van der Waals surface area contributed by atoms with Crippen LogP contribution in [-0.2, 0) is 4.74 Å². The van der Waals surface area contributed by atoms with E-state index in [4.69, 9.17) is 9.47 Å². The van der Waals surface area contributed by atoms with Crippen molar-refractivity contribution >= 4 is 0 Å². The standard InChI is InChI=1S/C13H18O3/c1-10-3-4-12(11(2)5-10)16-9-13(6-14)7-15-8-13/h3-5,14H,6-9H2,1-2H3. The summed E-state index contributed by atoms with van der Waals surface area (Å²) in [4.78, 5) is 0. The molecule has 1 heterocycles. The lowest BCUT2D eigenvalue weighted by Gasteiger charge is -2.39. The number of aliphatic hydroxyl groups is 1. The van der Waals surface area contributed by atoms with E-state index in [1.54, 1.807) is 0 Å². The Morgan fingerprint density at radius 2 is 2.12 bits per heavy atom. The zero-order valence-corrected chi connectivity index (χ0v) is 9.82. The van der Waals surface area contributed by atoms with Crippen LogP contribution in [0.3, 0.4) is 0 Å². The molecule has 0 spiro atoms. The summed E-state index contributed by atoms with van der Waals surface area (Å²) >= 11 is 0. The van der Waals surface area contributed by atoms with Gasteiger partial charge >= 0.3 is 0 Å². The van der Waals surface area contributed by atoms with E-state index >= 15 is 0 Å². The smallest absolute Gasteiger partial charge is 0.122 e. The maximum Gasteiger partial charge on any atom is 0.122 e. The lowest BCUT2D eigenvalue weighted by atomic mass is 9.88. The third-order valence-electron chi connectivity index (χ3n) is 3.02. The Hall–Kier alpha value is -1.06. The Balaban J connectivity index is 1.99. The molecule has 0 aromatic heterocycles. The van der Waals surface area contributed by atoms with E-state index in [2.05, 4.69) is 13.0 Å². The number of rotatable bonds is 4. The number of benzene rings is 1. The Labute approximate surface area is 96.0 Å². The van der Waals surface area contributed by atoms with Gasteiger partial charge in [0.15, 0.2) is 0 Å². The zero-order chi connectivity index (χ0) is 11.6. The summed E-state index contributed by atoms with van der Waals surface area (Å²) in [6, 6.07) is 6.11. The molecule has 1 aromatic carbocycles. The second-order valence-corrected chi connectivity index (χ2v) is 4.71. The van der Waals surface area contributed by atoms with Crippen LogP contribution in [0, 0.1) is 19.3 Å². The van der Waals surface area contributed by atoms with Crippen molar-refractivity contribution in [2.24, 2.45) is 5.41 Å². The van der Waals surface area contributed by atoms with E-state index in [0.717, 1.165) is 11.3 Å². The van der Waals surface area contributed by atoms with E-state index in [1.807, 2.05) is 19.1 Å². The molecule has 0 unspecified atom stereocenters. The summed E-state index contributed by atoms with van der Waals surface area (Å²) in [7, 11) is 0. The van der Waals surface area contributed by atoms with Gasteiger partial charge in [-0.05, 0) is 25.5 Å². The number of ether oxygens (including phenoxy) is 2. The fourth-order valence-corrected chi connectivity index (χ4v) is 1.80. The number of aryl methyl sites for hydroxylation is 2. The molecule has 16 heavy (non-hydrogen) atoms. The largest absolute Gasteiger partial charge is 0.492 e. The maximum atomic E-state index is 9.27. The average Bonchev–Trinajstić information content (AvgIpc) is 2.19. The monoisotopic (exact) mass is 222 g/mol. The summed E-state index contributed by atoms with van der Waals surface area (Å²) < 4.78 is 10.9. The topological polar surface area (TPSA) is 38.7 Å². The van der Waals surface area contributed by atoms with Crippen LogP contribution in [0.2, 0.25) is 0 Å². The highest BCUT2D eigenvalue weighted by molar-refractivity contribution is 5.35. The third-order valence-corrected chi connectivity index (χ3v) is 3.02. The molecule has 0 aliphatic carbocycles. The van der Waals surface area contributed by atoms with Crippen molar-refractivity contribution in [2.45, 2.75) is 13.8 Å². The van der Waals surface area contributed by atoms with E-state index in [-0.39, 0.29) is 12.0 Å². The molecule has 1 aromatic rings. The predicted molar refractivity (Wildman–Crippen MR) is 61.7 cm³/mol. The van der Waals surface area contributed by atoms with Crippen molar-refractivity contribution in [2.75, 3.05) is 26.4 Å². The molecule has 1 N–H and O–H groups in total. The van der Waals surface area contributed by atoms with Crippen molar-refractivity contribution in [1.82, 2.24) is 0 Å². The molecular formula is C13H18O3. The Bertz CT molecular complexity index is 364. The van der Waals surface area contributed by atoms with E-state index in [0.29, 0.717) is 19.8 Å². The van der Waals surface area contributed by atoms with Crippen LogP contribution in [0.15, 0.2) is 18.2 Å². The highest BCUT2D eigenvalue weighted by Crippen LogP contribution is 2.29. The van der Waals surface area contributed by atoms with Crippen molar-refractivity contribution in [3.8, 4) is 5.75 Å². The van der Waals surface area contributed by atoms with Gasteiger partial charge in [-0.15, -0.1) is 0 Å². The number of aliphatic hydroxyl groups excluding tert-OH is 1. The maximum absolute atomic E-state index is 9.27. The van der Waals surface area contributed by atoms with Crippen LogP contribution < -0.4 is 4.74 Å². The lowest BCUT2D eigenvalue weighted by molar-refractivity contribution is -0.153. The van der Waals surface area contributed by atoms with Gasteiger partial charge in [0.25, 0.3) is 0 Å². The fourth-order valence-electron chi connectivity index (χ4n) is 1.80. The fraction of sp³-hybridized carbons (Fsp3) is 0.538. The Morgan fingerprint density at radius 3 is 2.62 bits per heavy atom.